The van der Waals surface area contributed by atoms with E-state index in [4.69, 9.17) is 0 Å². The molecule has 2 aliphatic rings. The summed E-state index contributed by atoms with van der Waals surface area (Å²) in [6.45, 7) is 1.91. The molecule has 2 heterocycles. The van der Waals surface area contributed by atoms with Crippen molar-refractivity contribution in [2.24, 2.45) is 0 Å². The molecule has 194 valence electrons. The van der Waals surface area contributed by atoms with Gasteiger partial charge in [-0.25, -0.2) is 13.2 Å². The first-order valence-corrected chi connectivity index (χ1v) is 12.7. The molecule has 0 unspecified atom stereocenters. The highest BCUT2D eigenvalue weighted by Gasteiger charge is 2.35. The van der Waals surface area contributed by atoms with Crippen molar-refractivity contribution in [2.45, 2.75) is 6.54 Å². The van der Waals surface area contributed by atoms with Crippen molar-refractivity contribution in [3.63, 3.8) is 0 Å². The number of nitrogens with zero attached hydrogens (tertiary/aromatic N) is 3. The summed E-state index contributed by atoms with van der Waals surface area (Å²) < 4.78 is 40.4. The maximum Gasteiger partial charge on any atom is 0.293 e. The quantitative estimate of drug-likeness (QED) is 0.414. The molecule has 10 heteroatoms. The van der Waals surface area contributed by atoms with Crippen molar-refractivity contribution in [1.82, 2.24) is 9.80 Å². The summed E-state index contributed by atoms with van der Waals surface area (Å²) >= 11 is 0.724. The van der Waals surface area contributed by atoms with Crippen molar-refractivity contribution in [3.8, 4) is 0 Å². The molecule has 2 fully saturated rings. The lowest BCUT2D eigenvalue weighted by molar-refractivity contribution is -0.123. The van der Waals surface area contributed by atoms with Gasteiger partial charge in [-0.3, -0.25) is 19.3 Å². The Labute approximate surface area is 221 Å². The van der Waals surface area contributed by atoms with Gasteiger partial charge in [0.25, 0.3) is 17.1 Å². The number of thioether (sulfide) groups is 1. The molecular formula is C28H22F3N3O3S. The highest BCUT2D eigenvalue weighted by molar-refractivity contribution is 8.18. The summed E-state index contributed by atoms with van der Waals surface area (Å²) in [5, 5.41) is -0.559. The fourth-order valence-electron chi connectivity index (χ4n) is 4.37. The van der Waals surface area contributed by atoms with E-state index in [9.17, 15) is 27.6 Å². The van der Waals surface area contributed by atoms with E-state index in [0.717, 1.165) is 28.4 Å². The average Bonchev–Trinajstić information content (AvgIpc) is 3.17. The van der Waals surface area contributed by atoms with Crippen LogP contribution in [0.5, 0.6) is 0 Å². The molecule has 0 atom stereocenters. The third-order valence-corrected chi connectivity index (χ3v) is 7.31. The van der Waals surface area contributed by atoms with E-state index in [1.54, 1.807) is 41.3 Å². The van der Waals surface area contributed by atoms with Gasteiger partial charge in [0.1, 0.15) is 17.5 Å². The highest BCUT2D eigenvalue weighted by atomic mass is 32.2. The molecule has 38 heavy (non-hydrogen) atoms. The number of carbonyl (C=O) groups is 3. The lowest BCUT2D eigenvalue weighted by Crippen LogP contribution is -2.48. The van der Waals surface area contributed by atoms with Gasteiger partial charge in [0.2, 0.25) is 0 Å². The molecule has 3 aromatic rings. The van der Waals surface area contributed by atoms with E-state index in [1.165, 1.54) is 24.3 Å². The number of anilines is 1. The van der Waals surface area contributed by atoms with E-state index in [2.05, 4.69) is 4.90 Å². The lowest BCUT2D eigenvalue weighted by Gasteiger charge is -2.36. The fourth-order valence-corrected chi connectivity index (χ4v) is 5.21. The second kappa shape index (κ2) is 10.7. The maximum absolute atomic E-state index is 14.0. The summed E-state index contributed by atoms with van der Waals surface area (Å²) in [5.74, 6) is -2.62. The zero-order valence-electron chi connectivity index (χ0n) is 20.1. The number of hydrogen-bond acceptors (Lipinski definition) is 5. The molecule has 3 amide bonds. The summed E-state index contributed by atoms with van der Waals surface area (Å²) in [5.41, 5.74) is 1.94. The minimum absolute atomic E-state index is 0.0297. The van der Waals surface area contributed by atoms with E-state index in [1.807, 2.05) is 0 Å². The van der Waals surface area contributed by atoms with Gasteiger partial charge in [-0.2, -0.15) is 0 Å². The second-order valence-corrected chi connectivity index (χ2v) is 9.88. The number of hydrogen-bond donors (Lipinski definition) is 0. The number of piperazine rings is 1. The van der Waals surface area contributed by atoms with Crippen molar-refractivity contribution in [3.05, 3.63) is 106 Å². The Morgan fingerprint density at radius 1 is 0.868 bits per heavy atom. The van der Waals surface area contributed by atoms with Crippen LogP contribution < -0.4 is 4.90 Å². The van der Waals surface area contributed by atoms with Crippen LogP contribution in [-0.4, -0.2) is 53.0 Å². The average molecular weight is 538 g/mol. The molecule has 0 aromatic heterocycles. The minimum Gasteiger partial charge on any atom is -0.368 e. The van der Waals surface area contributed by atoms with Crippen LogP contribution in [0.2, 0.25) is 0 Å². The van der Waals surface area contributed by atoms with Gasteiger partial charge >= 0.3 is 0 Å². The van der Waals surface area contributed by atoms with Crippen LogP contribution >= 0.6 is 11.8 Å². The van der Waals surface area contributed by atoms with Crippen LogP contribution in [0.15, 0.2) is 71.6 Å². The Bertz CT molecular complexity index is 1440. The van der Waals surface area contributed by atoms with Gasteiger partial charge in [-0.15, -0.1) is 0 Å². The molecule has 0 aliphatic carbocycles. The zero-order valence-corrected chi connectivity index (χ0v) is 20.9. The fraction of sp³-hybridized carbons (Fsp3) is 0.179. The number of halogens is 3. The predicted molar refractivity (Wildman–Crippen MR) is 139 cm³/mol. The Hall–Kier alpha value is -4.05. The van der Waals surface area contributed by atoms with Crippen LogP contribution in [0, 0.1) is 17.5 Å². The third kappa shape index (κ3) is 5.45. The van der Waals surface area contributed by atoms with E-state index in [0.29, 0.717) is 43.4 Å². The van der Waals surface area contributed by atoms with Gasteiger partial charge in [-0.1, -0.05) is 18.2 Å². The topological polar surface area (TPSA) is 60.9 Å². The molecule has 2 aliphatic heterocycles. The van der Waals surface area contributed by atoms with Crippen molar-refractivity contribution in [2.75, 3.05) is 31.1 Å². The zero-order chi connectivity index (χ0) is 26.8. The first kappa shape index (κ1) is 25.6. The summed E-state index contributed by atoms with van der Waals surface area (Å²) in [6, 6.07) is 16.0. The summed E-state index contributed by atoms with van der Waals surface area (Å²) in [6.07, 6.45) is 1.52. The molecule has 0 bridgehead atoms. The number of amides is 3. The summed E-state index contributed by atoms with van der Waals surface area (Å²) in [4.78, 5) is 43.3. The normalized spacial score (nSPS) is 17.0. The van der Waals surface area contributed by atoms with Crippen LogP contribution in [0.25, 0.3) is 6.08 Å². The maximum atomic E-state index is 14.0. The standard InChI is InChI=1S/C28H22F3N3O3S/c29-21-6-8-23(9-7-21)32-10-12-33(13-11-32)26(35)19-3-1-2-18(14-19)15-25-27(36)34(28(37)38-25)17-20-4-5-22(30)16-24(20)31/h1-9,14-16H,10-13,17H2. The van der Waals surface area contributed by atoms with Crippen LogP contribution in [0.3, 0.4) is 0 Å². The Morgan fingerprint density at radius 3 is 2.29 bits per heavy atom. The minimum atomic E-state index is -0.835. The van der Waals surface area contributed by atoms with Crippen molar-refractivity contribution >= 4 is 40.6 Å². The van der Waals surface area contributed by atoms with E-state index in [-0.39, 0.29) is 28.7 Å². The highest BCUT2D eigenvalue weighted by Crippen LogP contribution is 2.34. The number of imide groups is 1. The summed E-state index contributed by atoms with van der Waals surface area (Å²) in [7, 11) is 0. The van der Waals surface area contributed by atoms with Crippen LogP contribution in [0.1, 0.15) is 21.5 Å². The van der Waals surface area contributed by atoms with Gasteiger partial charge in [0, 0.05) is 49.1 Å². The first-order valence-electron chi connectivity index (χ1n) is 11.9. The molecule has 3 aromatic carbocycles. The van der Waals surface area contributed by atoms with Crippen LogP contribution in [0.4, 0.5) is 23.7 Å². The predicted octanol–water partition coefficient (Wildman–Crippen LogP) is 5.30. The molecule has 6 nitrogen and oxygen atoms in total. The molecule has 0 N–H and O–H groups in total. The smallest absolute Gasteiger partial charge is 0.293 e. The Kier molecular flexibility index (Phi) is 7.24. The largest absolute Gasteiger partial charge is 0.368 e. The van der Waals surface area contributed by atoms with Gasteiger partial charge < -0.3 is 9.80 Å². The third-order valence-electron chi connectivity index (χ3n) is 6.41. The van der Waals surface area contributed by atoms with Crippen molar-refractivity contribution in [1.29, 1.82) is 0 Å². The molecule has 5 rings (SSSR count). The lowest BCUT2D eigenvalue weighted by atomic mass is 10.1. The van der Waals surface area contributed by atoms with Gasteiger partial charge in [-0.05, 0) is 65.9 Å². The van der Waals surface area contributed by atoms with Crippen molar-refractivity contribution < 1.29 is 27.6 Å². The van der Waals surface area contributed by atoms with E-state index >= 15 is 0 Å². The van der Waals surface area contributed by atoms with Crippen LogP contribution in [-0.2, 0) is 11.3 Å². The first-order chi connectivity index (χ1) is 18.3. The number of rotatable bonds is 5. The molecule has 2 saturated heterocycles. The second-order valence-electron chi connectivity index (χ2n) is 8.88. The Morgan fingerprint density at radius 2 is 1.58 bits per heavy atom. The SMILES string of the molecule is O=C(c1cccc(C=C2SC(=O)N(Cc3ccc(F)cc3F)C2=O)c1)N1CCN(c2ccc(F)cc2)CC1. The number of carbonyl (C=O) groups excluding carboxylic acids is 3. The van der Waals surface area contributed by atoms with Gasteiger partial charge in [0.05, 0.1) is 11.4 Å². The number of benzene rings is 3. The van der Waals surface area contributed by atoms with E-state index < -0.39 is 22.8 Å². The molecule has 0 spiro atoms. The molecule has 0 radical (unpaired) electrons. The molecule has 0 saturated carbocycles. The monoisotopic (exact) mass is 537 g/mol. The Balaban J connectivity index is 1.25. The molecular weight excluding hydrogens is 515 g/mol. The van der Waals surface area contributed by atoms with Gasteiger partial charge in [0.15, 0.2) is 0 Å².